The van der Waals surface area contributed by atoms with E-state index >= 15 is 0 Å². The largest absolute Gasteiger partial charge is 0.322 e. The first kappa shape index (κ1) is 15.1. The number of nitrogens with one attached hydrogen (secondary N) is 2. The van der Waals surface area contributed by atoms with E-state index in [1.165, 1.54) is 44.6 Å². The number of hydrogen-bond donors (Lipinski definition) is 2. The highest BCUT2D eigenvalue weighted by Gasteiger charge is 2.50. The predicted octanol–water partition coefficient (Wildman–Crippen LogP) is 3.63. The van der Waals surface area contributed by atoms with Crippen molar-refractivity contribution in [2.24, 2.45) is 17.8 Å². The lowest BCUT2D eigenvalue weighted by atomic mass is 9.53. The monoisotopic (exact) mass is 316 g/mol. The van der Waals surface area contributed by atoms with E-state index in [0.29, 0.717) is 0 Å². The molecule has 0 unspecified atom stereocenters. The smallest absolute Gasteiger partial charge is 0.238 e. The SMILES string of the molecule is Cc1ccc(NC(=O)CNC23CC4CC(CC(C4)C2)C3)c(F)c1. The molecule has 4 aliphatic carbocycles. The lowest BCUT2D eigenvalue weighted by molar-refractivity contribution is -0.116. The van der Waals surface area contributed by atoms with E-state index in [9.17, 15) is 9.18 Å². The third-order valence-corrected chi connectivity index (χ3v) is 6.06. The van der Waals surface area contributed by atoms with Gasteiger partial charge in [0.1, 0.15) is 5.82 Å². The summed E-state index contributed by atoms with van der Waals surface area (Å²) < 4.78 is 13.8. The van der Waals surface area contributed by atoms with Crippen molar-refractivity contribution in [3.8, 4) is 0 Å². The number of aryl methyl sites for hydroxylation is 1. The van der Waals surface area contributed by atoms with Gasteiger partial charge in [-0.3, -0.25) is 4.79 Å². The molecule has 0 atom stereocenters. The normalized spacial score (nSPS) is 34.6. The first-order valence-electron chi connectivity index (χ1n) is 8.82. The average Bonchev–Trinajstić information content (AvgIpc) is 2.47. The molecule has 124 valence electrons. The maximum absolute atomic E-state index is 13.8. The molecule has 4 fully saturated rings. The lowest BCUT2D eigenvalue weighted by Crippen LogP contribution is -2.59. The number of anilines is 1. The predicted molar refractivity (Wildman–Crippen MR) is 88.7 cm³/mol. The highest BCUT2D eigenvalue weighted by molar-refractivity contribution is 5.92. The Kier molecular flexibility index (Phi) is 3.67. The van der Waals surface area contributed by atoms with E-state index in [2.05, 4.69) is 10.6 Å². The molecule has 23 heavy (non-hydrogen) atoms. The molecule has 4 bridgehead atoms. The molecule has 4 heteroatoms. The molecule has 1 aromatic carbocycles. The van der Waals surface area contributed by atoms with Crippen molar-refractivity contribution in [1.29, 1.82) is 0 Å². The van der Waals surface area contributed by atoms with E-state index in [1.54, 1.807) is 6.07 Å². The van der Waals surface area contributed by atoms with Gasteiger partial charge in [-0.25, -0.2) is 4.39 Å². The van der Waals surface area contributed by atoms with Gasteiger partial charge in [0.05, 0.1) is 12.2 Å². The van der Waals surface area contributed by atoms with Gasteiger partial charge in [0, 0.05) is 5.54 Å². The minimum atomic E-state index is -0.367. The molecule has 1 aromatic rings. The zero-order valence-electron chi connectivity index (χ0n) is 13.7. The average molecular weight is 316 g/mol. The van der Waals surface area contributed by atoms with Gasteiger partial charge in [0.15, 0.2) is 0 Å². The van der Waals surface area contributed by atoms with Crippen molar-refractivity contribution in [2.75, 3.05) is 11.9 Å². The van der Waals surface area contributed by atoms with E-state index in [0.717, 1.165) is 23.3 Å². The number of hydrogen-bond acceptors (Lipinski definition) is 2. The summed E-state index contributed by atoms with van der Waals surface area (Å²) in [6, 6.07) is 4.89. The molecule has 2 N–H and O–H groups in total. The fourth-order valence-electron chi connectivity index (χ4n) is 5.51. The van der Waals surface area contributed by atoms with Crippen LogP contribution < -0.4 is 10.6 Å². The zero-order valence-corrected chi connectivity index (χ0v) is 13.7. The van der Waals surface area contributed by atoms with Crippen LogP contribution in [0.5, 0.6) is 0 Å². The van der Waals surface area contributed by atoms with Crippen LogP contribution in [0.25, 0.3) is 0 Å². The van der Waals surface area contributed by atoms with Crippen molar-refractivity contribution in [1.82, 2.24) is 5.32 Å². The fraction of sp³-hybridized carbons (Fsp3) is 0.632. The number of halogens is 1. The minimum absolute atomic E-state index is 0.150. The first-order chi connectivity index (χ1) is 11.0. The van der Waals surface area contributed by atoms with Gasteiger partial charge in [-0.15, -0.1) is 0 Å². The standard InChI is InChI=1S/C19H25FN2O/c1-12-2-3-17(16(20)4-12)22-18(23)11-21-19-8-13-5-14(9-19)7-15(6-13)10-19/h2-4,13-15,21H,5-11H2,1H3,(H,22,23). The Morgan fingerprint density at radius 2 is 1.78 bits per heavy atom. The van der Waals surface area contributed by atoms with Crippen LogP contribution in [0.2, 0.25) is 0 Å². The molecule has 0 radical (unpaired) electrons. The summed E-state index contributed by atoms with van der Waals surface area (Å²) in [7, 11) is 0. The fourth-order valence-corrected chi connectivity index (χ4v) is 5.51. The Morgan fingerprint density at radius 3 is 2.35 bits per heavy atom. The molecular formula is C19H25FN2O. The van der Waals surface area contributed by atoms with Gasteiger partial charge >= 0.3 is 0 Å². The van der Waals surface area contributed by atoms with Crippen molar-refractivity contribution in [2.45, 2.75) is 51.0 Å². The summed E-state index contributed by atoms with van der Waals surface area (Å²) >= 11 is 0. The molecule has 0 aliphatic heterocycles. The molecule has 0 saturated heterocycles. The number of carbonyl (C=O) groups excluding carboxylic acids is 1. The number of rotatable bonds is 4. The van der Waals surface area contributed by atoms with Crippen LogP contribution in [0.4, 0.5) is 10.1 Å². The highest BCUT2D eigenvalue weighted by Crippen LogP contribution is 2.55. The molecule has 0 spiro atoms. The maximum Gasteiger partial charge on any atom is 0.238 e. The summed E-state index contributed by atoms with van der Waals surface area (Å²) in [5, 5.41) is 6.24. The van der Waals surface area contributed by atoms with Crippen LogP contribution in [-0.2, 0) is 4.79 Å². The second-order valence-electron chi connectivity index (χ2n) is 8.08. The Hall–Kier alpha value is -1.42. The second kappa shape index (κ2) is 5.59. The van der Waals surface area contributed by atoms with Gasteiger partial charge in [-0.05, 0) is 80.9 Å². The quantitative estimate of drug-likeness (QED) is 0.890. The van der Waals surface area contributed by atoms with Crippen molar-refractivity contribution < 1.29 is 9.18 Å². The summed E-state index contributed by atoms with van der Waals surface area (Å²) in [6.45, 7) is 2.11. The summed E-state index contributed by atoms with van der Waals surface area (Å²) in [6.07, 6.45) is 7.81. The highest BCUT2D eigenvalue weighted by atomic mass is 19.1. The molecule has 0 heterocycles. The minimum Gasteiger partial charge on any atom is -0.322 e. The van der Waals surface area contributed by atoms with Gasteiger partial charge < -0.3 is 10.6 Å². The number of amides is 1. The Balaban J connectivity index is 1.36. The van der Waals surface area contributed by atoms with Crippen LogP contribution in [0, 0.1) is 30.5 Å². The number of benzene rings is 1. The van der Waals surface area contributed by atoms with Crippen molar-refractivity contribution >= 4 is 11.6 Å². The van der Waals surface area contributed by atoms with Gasteiger partial charge in [-0.2, -0.15) is 0 Å². The maximum atomic E-state index is 13.8. The van der Waals surface area contributed by atoms with Crippen LogP contribution in [0.1, 0.15) is 44.1 Å². The molecule has 1 amide bonds. The molecule has 4 aliphatic rings. The number of carbonyl (C=O) groups is 1. The second-order valence-corrected chi connectivity index (χ2v) is 8.08. The Bertz CT molecular complexity index is 593. The van der Waals surface area contributed by atoms with Crippen molar-refractivity contribution in [3.63, 3.8) is 0 Å². The molecule has 0 aromatic heterocycles. The first-order valence-corrected chi connectivity index (χ1v) is 8.82. The van der Waals surface area contributed by atoms with Crippen LogP contribution >= 0.6 is 0 Å². The van der Waals surface area contributed by atoms with Crippen molar-refractivity contribution in [3.05, 3.63) is 29.6 Å². The Labute approximate surface area is 137 Å². The third kappa shape index (κ3) is 3.01. The van der Waals surface area contributed by atoms with E-state index in [4.69, 9.17) is 0 Å². The molecule has 5 rings (SSSR count). The topological polar surface area (TPSA) is 41.1 Å². The van der Waals surface area contributed by atoms with Crippen LogP contribution in [-0.4, -0.2) is 18.0 Å². The Morgan fingerprint density at radius 1 is 1.17 bits per heavy atom. The molecular weight excluding hydrogens is 291 g/mol. The van der Waals surface area contributed by atoms with Gasteiger partial charge in [0.25, 0.3) is 0 Å². The molecule has 3 nitrogen and oxygen atoms in total. The zero-order chi connectivity index (χ0) is 16.0. The van der Waals surface area contributed by atoms with E-state index < -0.39 is 0 Å². The van der Waals surface area contributed by atoms with E-state index in [1.807, 2.05) is 13.0 Å². The van der Waals surface area contributed by atoms with E-state index in [-0.39, 0.29) is 29.5 Å². The van der Waals surface area contributed by atoms with Gasteiger partial charge in [-0.1, -0.05) is 6.07 Å². The molecule has 4 saturated carbocycles. The summed E-state index contributed by atoms with van der Waals surface area (Å²) in [4.78, 5) is 12.2. The van der Waals surface area contributed by atoms with Gasteiger partial charge in [0.2, 0.25) is 5.91 Å². The summed E-state index contributed by atoms with van der Waals surface area (Å²) in [5.41, 5.74) is 1.29. The third-order valence-electron chi connectivity index (χ3n) is 6.06. The lowest BCUT2D eigenvalue weighted by Gasteiger charge is -2.57. The van der Waals surface area contributed by atoms with Crippen LogP contribution in [0.3, 0.4) is 0 Å². The summed E-state index contributed by atoms with van der Waals surface area (Å²) in [5.74, 6) is 2.04. The van der Waals surface area contributed by atoms with Crippen LogP contribution in [0.15, 0.2) is 18.2 Å².